The molecule has 1 aromatic carbocycles. The zero-order valence-electron chi connectivity index (χ0n) is 10.0. The number of amides is 1. The molecule has 17 heavy (non-hydrogen) atoms. The molecule has 3 nitrogen and oxygen atoms in total. The van der Waals surface area contributed by atoms with E-state index in [4.69, 9.17) is 4.84 Å². The highest BCUT2D eigenvalue weighted by atomic mass is 19.1. The zero-order chi connectivity index (χ0) is 13.0. The summed E-state index contributed by atoms with van der Waals surface area (Å²) >= 11 is 0. The molecule has 0 radical (unpaired) electrons. The molecule has 0 aliphatic carbocycles. The molecule has 0 spiro atoms. The zero-order valence-corrected chi connectivity index (χ0v) is 10.0. The highest BCUT2D eigenvalue weighted by Crippen LogP contribution is 2.14. The number of carbonyl (C=O) groups excluding carboxylic acids is 1. The maximum Gasteiger partial charge on any atom is 0.277 e. The van der Waals surface area contributed by atoms with E-state index < -0.39 is 17.5 Å². The quantitative estimate of drug-likeness (QED) is 0.825. The van der Waals surface area contributed by atoms with Gasteiger partial charge in [-0.05, 0) is 24.5 Å². The topological polar surface area (TPSA) is 38.3 Å². The van der Waals surface area contributed by atoms with Crippen molar-refractivity contribution in [1.82, 2.24) is 5.48 Å². The summed E-state index contributed by atoms with van der Waals surface area (Å²) in [7, 11) is 0. The molecule has 0 bridgehead atoms. The number of hydroxylamine groups is 1. The highest BCUT2D eigenvalue weighted by Gasteiger charge is 2.14. The summed E-state index contributed by atoms with van der Waals surface area (Å²) in [6.07, 6.45) is 0. The smallest absolute Gasteiger partial charge is 0.273 e. The number of carbonyl (C=O) groups is 1. The molecule has 0 fully saturated rings. The van der Waals surface area contributed by atoms with Gasteiger partial charge in [0.1, 0.15) is 11.6 Å². The highest BCUT2D eigenvalue weighted by molar-refractivity contribution is 5.93. The fraction of sp³-hybridized carbons (Fsp3) is 0.417. The van der Waals surface area contributed by atoms with Crippen molar-refractivity contribution in [2.75, 3.05) is 6.61 Å². The van der Waals surface area contributed by atoms with Crippen LogP contribution in [0.1, 0.15) is 29.8 Å². The van der Waals surface area contributed by atoms with Gasteiger partial charge in [-0.3, -0.25) is 9.63 Å². The van der Waals surface area contributed by atoms with E-state index in [0.717, 1.165) is 6.07 Å². The SMILES string of the molecule is Cc1cc(C(=O)NOCC(C)C)c(F)cc1F. The molecule has 94 valence electrons. The summed E-state index contributed by atoms with van der Waals surface area (Å²) in [5, 5.41) is 0. The third kappa shape index (κ3) is 3.78. The minimum atomic E-state index is -0.904. The van der Waals surface area contributed by atoms with Crippen LogP contribution in [-0.2, 0) is 4.84 Å². The second-order valence-corrected chi connectivity index (χ2v) is 4.22. The van der Waals surface area contributed by atoms with E-state index in [-0.39, 0.29) is 17.0 Å². The number of rotatable bonds is 4. The van der Waals surface area contributed by atoms with Gasteiger partial charge in [-0.15, -0.1) is 0 Å². The normalized spacial score (nSPS) is 10.7. The molecule has 1 aromatic rings. The lowest BCUT2D eigenvalue weighted by molar-refractivity contribution is 0.0205. The van der Waals surface area contributed by atoms with Gasteiger partial charge in [0.2, 0.25) is 0 Å². The van der Waals surface area contributed by atoms with E-state index in [1.54, 1.807) is 0 Å². The fourth-order valence-corrected chi connectivity index (χ4v) is 1.16. The summed E-state index contributed by atoms with van der Waals surface area (Å²) < 4.78 is 26.3. The van der Waals surface area contributed by atoms with Crippen LogP contribution in [0, 0.1) is 24.5 Å². The number of halogens is 2. The number of hydrogen-bond acceptors (Lipinski definition) is 2. The monoisotopic (exact) mass is 243 g/mol. The first-order valence-corrected chi connectivity index (χ1v) is 5.29. The molecule has 1 N–H and O–H groups in total. The maximum atomic E-state index is 13.3. The lowest BCUT2D eigenvalue weighted by atomic mass is 10.1. The molecule has 0 aromatic heterocycles. The first-order chi connectivity index (χ1) is 7.91. The summed E-state index contributed by atoms with van der Waals surface area (Å²) in [6, 6.07) is 1.84. The maximum absolute atomic E-state index is 13.3. The van der Waals surface area contributed by atoms with Crippen LogP contribution in [0.2, 0.25) is 0 Å². The van der Waals surface area contributed by atoms with Gasteiger partial charge < -0.3 is 0 Å². The Hall–Kier alpha value is -1.49. The Labute approximate surface area is 98.7 Å². The third-order valence-corrected chi connectivity index (χ3v) is 2.07. The van der Waals surface area contributed by atoms with Crippen LogP contribution in [0.25, 0.3) is 0 Å². The predicted octanol–water partition coefficient (Wildman–Crippen LogP) is 2.59. The molecule has 0 saturated heterocycles. The molecular formula is C12H15F2NO2. The summed E-state index contributed by atoms with van der Waals surface area (Å²) in [6.45, 7) is 5.61. The van der Waals surface area contributed by atoms with Gasteiger partial charge in [0.05, 0.1) is 12.2 Å². The summed E-state index contributed by atoms with van der Waals surface area (Å²) in [4.78, 5) is 16.4. The third-order valence-electron chi connectivity index (χ3n) is 2.07. The van der Waals surface area contributed by atoms with E-state index >= 15 is 0 Å². The Morgan fingerprint density at radius 2 is 2.00 bits per heavy atom. The van der Waals surface area contributed by atoms with Crippen LogP contribution in [0.15, 0.2) is 12.1 Å². The number of hydrogen-bond donors (Lipinski definition) is 1. The Bertz CT molecular complexity index is 419. The Morgan fingerprint density at radius 3 is 2.59 bits per heavy atom. The van der Waals surface area contributed by atoms with Crippen molar-refractivity contribution >= 4 is 5.91 Å². The Morgan fingerprint density at radius 1 is 1.35 bits per heavy atom. The van der Waals surface area contributed by atoms with Crippen molar-refractivity contribution in [3.8, 4) is 0 Å². The molecule has 1 amide bonds. The standard InChI is InChI=1S/C12H15F2NO2/c1-7(2)6-17-15-12(16)9-4-8(3)10(13)5-11(9)14/h4-5,7H,6H2,1-3H3,(H,15,16). The second-order valence-electron chi connectivity index (χ2n) is 4.22. The van der Waals surface area contributed by atoms with Crippen molar-refractivity contribution in [2.24, 2.45) is 5.92 Å². The van der Waals surface area contributed by atoms with E-state index in [1.165, 1.54) is 6.92 Å². The molecule has 0 unspecified atom stereocenters. The molecule has 0 atom stereocenters. The minimum absolute atomic E-state index is 0.209. The van der Waals surface area contributed by atoms with Crippen molar-refractivity contribution < 1.29 is 18.4 Å². The van der Waals surface area contributed by atoms with Crippen molar-refractivity contribution in [3.05, 3.63) is 34.9 Å². The molecule has 5 heteroatoms. The van der Waals surface area contributed by atoms with Gasteiger partial charge in [0, 0.05) is 6.07 Å². The van der Waals surface area contributed by atoms with Crippen molar-refractivity contribution in [2.45, 2.75) is 20.8 Å². The van der Waals surface area contributed by atoms with Gasteiger partial charge in [0.25, 0.3) is 5.91 Å². The molecule has 0 saturated carbocycles. The van der Waals surface area contributed by atoms with E-state index in [1.807, 2.05) is 13.8 Å². The Kier molecular flexibility index (Phi) is 4.57. The van der Waals surface area contributed by atoms with Crippen LogP contribution in [0.3, 0.4) is 0 Å². The van der Waals surface area contributed by atoms with Crippen molar-refractivity contribution in [1.29, 1.82) is 0 Å². The minimum Gasteiger partial charge on any atom is -0.273 e. The predicted molar refractivity (Wildman–Crippen MR) is 59.4 cm³/mol. The number of aryl methyl sites for hydroxylation is 1. The van der Waals surface area contributed by atoms with E-state index in [0.29, 0.717) is 12.7 Å². The van der Waals surface area contributed by atoms with Gasteiger partial charge in [-0.2, -0.15) is 0 Å². The molecule has 0 heterocycles. The number of benzene rings is 1. The van der Waals surface area contributed by atoms with Crippen LogP contribution in [-0.4, -0.2) is 12.5 Å². The lowest BCUT2D eigenvalue weighted by Crippen LogP contribution is -2.26. The van der Waals surface area contributed by atoms with E-state index in [9.17, 15) is 13.6 Å². The van der Waals surface area contributed by atoms with E-state index in [2.05, 4.69) is 5.48 Å². The van der Waals surface area contributed by atoms with Gasteiger partial charge >= 0.3 is 0 Å². The van der Waals surface area contributed by atoms with Crippen LogP contribution in [0.5, 0.6) is 0 Å². The Balaban J connectivity index is 2.72. The van der Waals surface area contributed by atoms with Crippen LogP contribution < -0.4 is 5.48 Å². The molecule has 0 aliphatic heterocycles. The second kappa shape index (κ2) is 5.72. The molecule has 0 aliphatic rings. The summed E-state index contributed by atoms with van der Waals surface area (Å²) in [5.41, 5.74) is 2.10. The van der Waals surface area contributed by atoms with Gasteiger partial charge in [0.15, 0.2) is 0 Å². The summed E-state index contributed by atoms with van der Waals surface area (Å²) in [5.74, 6) is -2.05. The first-order valence-electron chi connectivity index (χ1n) is 5.29. The first kappa shape index (κ1) is 13.6. The average molecular weight is 243 g/mol. The van der Waals surface area contributed by atoms with Gasteiger partial charge in [-0.1, -0.05) is 13.8 Å². The van der Waals surface area contributed by atoms with Crippen LogP contribution in [0.4, 0.5) is 8.78 Å². The lowest BCUT2D eigenvalue weighted by Gasteiger charge is -2.09. The fourth-order valence-electron chi connectivity index (χ4n) is 1.16. The number of nitrogens with one attached hydrogen (secondary N) is 1. The van der Waals surface area contributed by atoms with Crippen molar-refractivity contribution in [3.63, 3.8) is 0 Å². The average Bonchev–Trinajstić information content (AvgIpc) is 2.22. The van der Waals surface area contributed by atoms with Crippen LogP contribution >= 0.6 is 0 Å². The molecule has 1 rings (SSSR count). The molecular weight excluding hydrogens is 228 g/mol. The van der Waals surface area contributed by atoms with Gasteiger partial charge in [-0.25, -0.2) is 14.3 Å². The largest absolute Gasteiger partial charge is 0.277 e.